The molecule has 0 aliphatic carbocycles. The Bertz CT molecular complexity index is 992. The molecule has 0 saturated heterocycles. The van der Waals surface area contributed by atoms with Crippen LogP contribution in [0.3, 0.4) is 0 Å². The van der Waals surface area contributed by atoms with Crippen molar-refractivity contribution in [2.75, 3.05) is 12.4 Å². The number of nitrogens with zero attached hydrogens (tertiary/aromatic N) is 4. The van der Waals surface area contributed by atoms with Crippen LogP contribution in [0.25, 0.3) is 16.9 Å². The third-order valence-electron chi connectivity index (χ3n) is 3.54. The lowest BCUT2D eigenvalue weighted by molar-refractivity contribution is -0.153. The first-order chi connectivity index (χ1) is 13.4. The fourth-order valence-corrected chi connectivity index (χ4v) is 3.12. The molecule has 0 spiro atoms. The molecule has 3 aromatic rings. The predicted octanol–water partition coefficient (Wildman–Crippen LogP) is 3.74. The molecule has 0 fully saturated rings. The normalized spacial score (nSPS) is 11.4. The highest BCUT2D eigenvalue weighted by atomic mass is 32.2. The molecule has 3 rings (SSSR count). The second-order valence-corrected chi connectivity index (χ2v) is 6.79. The number of ether oxygens (including phenoxy) is 1. The van der Waals surface area contributed by atoms with E-state index in [0.717, 1.165) is 0 Å². The Morgan fingerprint density at radius 2 is 1.89 bits per heavy atom. The summed E-state index contributed by atoms with van der Waals surface area (Å²) in [5.74, 6) is 0.739. The molecule has 2 heterocycles. The quantitative estimate of drug-likeness (QED) is 0.457. The number of halogens is 3. The van der Waals surface area contributed by atoms with Crippen LogP contribution in [-0.2, 0) is 0 Å². The summed E-state index contributed by atoms with van der Waals surface area (Å²) >= 11 is 1.37. The van der Waals surface area contributed by atoms with Gasteiger partial charge in [-0.05, 0) is 36.1 Å². The molecule has 6 nitrogen and oxygen atoms in total. The van der Waals surface area contributed by atoms with E-state index in [1.54, 1.807) is 6.07 Å². The van der Waals surface area contributed by atoms with E-state index in [4.69, 9.17) is 4.74 Å². The first-order valence-electron chi connectivity index (χ1n) is 8.21. The molecule has 0 saturated carbocycles. The Morgan fingerprint density at radius 1 is 1.14 bits per heavy atom. The van der Waals surface area contributed by atoms with Crippen molar-refractivity contribution in [3.63, 3.8) is 0 Å². The van der Waals surface area contributed by atoms with Gasteiger partial charge in [-0.2, -0.15) is 23.4 Å². The summed E-state index contributed by atoms with van der Waals surface area (Å²) in [6.45, 7) is 0.551. The number of rotatable bonds is 6. The second-order valence-electron chi connectivity index (χ2n) is 5.56. The third kappa shape index (κ3) is 4.89. The molecular weight excluding hydrogens is 393 g/mol. The third-order valence-corrected chi connectivity index (χ3v) is 4.36. The maximum atomic E-state index is 12.7. The van der Waals surface area contributed by atoms with Crippen LogP contribution in [0.1, 0.15) is 6.92 Å². The molecule has 0 unspecified atom stereocenters. The number of benzene rings is 1. The lowest BCUT2D eigenvalue weighted by Gasteiger charge is -2.14. The summed E-state index contributed by atoms with van der Waals surface area (Å²) < 4.78 is 42.9. The van der Waals surface area contributed by atoms with Crippen molar-refractivity contribution < 1.29 is 17.9 Å². The summed E-state index contributed by atoms with van der Waals surface area (Å²) in [5.41, 5.74) is 1.29. The number of thioether (sulfide) groups is 1. The van der Waals surface area contributed by atoms with Gasteiger partial charge in [0, 0.05) is 11.6 Å². The fraction of sp³-hybridized carbons (Fsp3) is 0.222. The Morgan fingerprint density at radius 3 is 2.50 bits per heavy atom. The van der Waals surface area contributed by atoms with Gasteiger partial charge in [-0.15, -0.1) is 0 Å². The van der Waals surface area contributed by atoms with Crippen LogP contribution in [0.4, 0.5) is 13.2 Å². The Balaban J connectivity index is 1.96. The minimum Gasteiger partial charge on any atom is -0.484 e. The Labute approximate surface area is 162 Å². The molecule has 0 bridgehead atoms. The van der Waals surface area contributed by atoms with Crippen LogP contribution < -0.4 is 10.3 Å². The molecule has 1 aromatic carbocycles. The van der Waals surface area contributed by atoms with Crippen LogP contribution in [0.5, 0.6) is 5.75 Å². The lowest BCUT2D eigenvalue weighted by Crippen LogP contribution is -2.21. The Kier molecular flexibility index (Phi) is 5.98. The topological polar surface area (TPSA) is 69.9 Å². The average molecular weight is 408 g/mol. The molecular formula is C18H15F3N4O2S. The molecule has 0 aliphatic heterocycles. The molecule has 2 aromatic heterocycles. The molecule has 0 radical (unpaired) electrons. The number of hydrogen-bond acceptors (Lipinski definition) is 6. The lowest BCUT2D eigenvalue weighted by atomic mass is 10.2. The fourth-order valence-electron chi connectivity index (χ4n) is 2.37. The summed E-state index contributed by atoms with van der Waals surface area (Å²) in [7, 11) is 0. The largest absolute Gasteiger partial charge is 0.484 e. The molecule has 0 atom stereocenters. The van der Waals surface area contributed by atoms with E-state index >= 15 is 0 Å². The molecule has 0 amide bonds. The minimum atomic E-state index is -4.41. The highest BCUT2D eigenvalue weighted by molar-refractivity contribution is 7.99. The van der Waals surface area contributed by atoms with Gasteiger partial charge in [0.1, 0.15) is 5.75 Å². The van der Waals surface area contributed by atoms with Crippen molar-refractivity contribution in [3.8, 4) is 22.7 Å². The van der Waals surface area contributed by atoms with Gasteiger partial charge in [0.15, 0.2) is 11.8 Å². The van der Waals surface area contributed by atoms with E-state index in [1.807, 2.05) is 6.92 Å². The Hall–Kier alpha value is -2.88. The standard InChI is InChI=1S/C18H15F3N4O2S/c1-2-28-17-24-15(12-7-8-22-23-10-12)9-16(26)25(17)13-3-5-14(6-4-13)27-11-18(19,20)21/h3-10H,2,11H2,1H3. The van der Waals surface area contributed by atoms with Crippen molar-refractivity contribution in [1.29, 1.82) is 0 Å². The van der Waals surface area contributed by atoms with Gasteiger partial charge in [-0.3, -0.25) is 9.36 Å². The van der Waals surface area contributed by atoms with E-state index < -0.39 is 12.8 Å². The summed E-state index contributed by atoms with van der Waals surface area (Å²) in [6.07, 6.45) is -1.39. The van der Waals surface area contributed by atoms with Gasteiger partial charge >= 0.3 is 6.18 Å². The van der Waals surface area contributed by atoms with E-state index in [1.165, 1.54) is 59.1 Å². The first kappa shape index (κ1) is 19.9. The molecule has 10 heteroatoms. The second kappa shape index (κ2) is 8.42. The average Bonchev–Trinajstić information content (AvgIpc) is 2.67. The van der Waals surface area contributed by atoms with Crippen molar-refractivity contribution in [1.82, 2.24) is 19.7 Å². The van der Waals surface area contributed by atoms with Crippen molar-refractivity contribution in [2.45, 2.75) is 18.3 Å². The SMILES string of the molecule is CCSc1nc(-c2ccnnc2)cc(=O)n1-c1ccc(OCC(F)(F)F)cc1. The van der Waals surface area contributed by atoms with Gasteiger partial charge in [-0.1, -0.05) is 18.7 Å². The molecule has 146 valence electrons. The van der Waals surface area contributed by atoms with E-state index in [-0.39, 0.29) is 11.3 Å². The monoisotopic (exact) mass is 408 g/mol. The van der Waals surface area contributed by atoms with Gasteiger partial charge < -0.3 is 4.74 Å². The van der Waals surface area contributed by atoms with Gasteiger partial charge in [0.2, 0.25) is 0 Å². The molecule has 0 N–H and O–H groups in total. The minimum absolute atomic E-state index is 0.0613. The van der Waals surface area contributed by atoms with Crippen LogP contribution in [0.15, 0.2) is 58.7 Å². The highest BCUT2D eigenvalue weighted by Crippen LogP contribution is 2.24. The zero-order chi connectivity index (χ0) is 20.1. The number of hydrogen-bond donors (Lipinski definition) is 0. The zero-order valence-corrected chi connectivity index (χ0v) is 15.5. The van der Waals surface area contributed by atoms with Crippen LogP contribution >= 0.6 is 11.8 Å². The van der Waals surface area contributed by atoms with E-state index in [2.05, 4.69) is 15.2 Å². The van der Waals surface area contributed by atoms with Crippen LogP contribution in [0.2, 0.25) is 0 Å². The highest BCUT2D eigenvalue weighted by Gasteiger charge is 2.28. The predicted molar refractivity (Wildman–Crippen MR) is 98.8 cm³/mol. The van der Waals surface area contributed by atoms with E-state index in [9.17, 15) is 18.0 Å². The molecule has 28 heavy (non-hydrogen) atoms. The van der Waals surface area contributed by atoms with Crippen molar-refractivity contribution in [3.05, 3.63) is 59.1 Å². The number of alkyl halides is 3. The number of aromatic nitrogens is 4. The van der Waals surface area contributed by atoms with Crippen molar-refractivity contribution >= 4 is 11.8 Å². The van der Waals surface area contributed by atoms with Crippen LogP contribution in [0, 0.1) is 0 Å². The maximum absolute atomic E-state index is 12.7. The van der Waals surface area contributed by atoms with Gasteiger partial charge in [-0.25, -0.2) is 4.98 Å². The summed E-state index contributed by atoms with van der Waals surface area (Å²) in [6, 6.07) is 8.88. The zero-order valence-electron chi connectivity index (χ0n) is 14.7. The van der Waals surface area contributed by atoms with Gasteiger partial charge in [0.25, 0.3) is 5.56 Å². The smallest absolute Gasteiger partial charge is 0.422 e. The maximum Gasteiger partial charge on any atom is 0.422 e. The van der Waals surface area contributed by atoms with Gasteiger partial charge in [0.05, 0.1) is 23.8 Å². The van der Waals surface area contributed by atoms with Crippen molar-refractivity contribution in [2.24, 2.45) is 0 Å². The van der Waals surface area contributed by atoms with Crippen LogP contribution in [-0.4, -0.2) is 38.3 Å². The molecule has 0 aliphatic rings. The summed E-state index contributed by atoms with van der Waals surface area (Å²) in [4.78, 5) is 17.3. The van der Waals surface area contributed by atoms with E-state index in [0.29, 0.717) is 27.9 Å². The first-order valence-corrected chi connectivity index (χ1v) is 9.20. The summed E-state index contributed by atoms with van der Waals surface area (Å²) in [5, 5.41) is 7.96.